The molecule has 0 amide bonds. The fourth-order valence-electron chi connectivity index (χ4n) is 5.62. The fraction of sp³-hybridized carbons (Fsp3) is 0.481. The Labute approximate surface area is 214 Å². The van der Waals surface area contributed by atoms with Crippen molar-refractivity contribution in [1.82, 2.24) is 14.5 Å². The highest BCUT2D eigenvalue weighted by Crippen LogP contribution is 2.54. The van der Waals surface area contributed by atoms with E-state index in [2.05, 4.69) is 14.9 Å². The minimum atomic E-state index is -2.61. The van der Waals surface area contributed by atoms with Crippen LogP contribution in [0.2, 0.25) is 0 Å². The van der Waals surface area contributed by atoms with Gasteiger partial charge in [-0.1, -0.05) is 0 Å². The van der Waals surface area contributed by atoms with Gasteiger partial charge < -0.3 is 14.4 Å². The van der Waals surface area contributed by atoms with E-state index < -0.39 is 5.92 Å². The third kappa shape index (κ3) is 4.76. The summed E-state index contributed by atoms with van der Waals surface area (Å²) in [4.78, 5) is 24.6. The lowest BCUT2D eigenvalue weighted by atomic mass is 9.93. The summed E-state index contributed by atoms with van der Waals surface area (Å²) in [7, 11) is 0. The maximum Gasteiger partial charge on any atom is 0.271 e. The highest BCUT2D eigenvalue weighted by molar-refractivity contribution is 5.69. The van der Waals surface area contributed by atoms with Gasteiger partial charge in [0, 0.05) is 68.6 Å². The van der Waals surface area contributed by atoms with Crippen LogP contribution in [0.1, 0.15) is 44.2 Å². The maximum absolute atomic E-state index is 13.7. The van der Waals surface area contributed by atoms with Gasteiger partial charge in [0.25, 0.3) is 11.6 Å². The molecule has 8 nitrogen and oxygen atoms in total. The van der Waals surface area contributed by atoms with Crippen molar-refractivity contribution in [3.05, 3.63) is 58.7 Å². The molecule has 194 valence electrons. The number of anilines is 2. The smallest absolute Gasteiger partial charge is 0.271 e. The number of hydrogen-bond acceptors (Lipinski definition) is 6. The summed E-state index contributed by atoms with van der Waals surface area (Å²) in [6.07, 6.45) is 8.11. The van der Waals surface area contributed by atoms with E-state index in [0.717, 1.165) is 54.3 Å². The molecule has 2 saturated heterocycles. The van der Waals surface area contributed by atoms with Gasteiger partial charge in [-0.15, -0.1) is 0 Å². The summed E-state index contributed by atoms with van der Waals surface area (Å²) in [6, 6.07) is 8.83. The Morgan fingerprint density at radius 2 is 1.62 bits per heavy atom. The summed E-state index contributed by atoms with van der Waals surface area (Å²) in [5.41, 5.74) is 4.64. The number of non-ortho nitro benzene ring substituents is 1. The van der Waals surface area contributed by atoms with Gasteiger partial charge in [0.1, 0.15) is 5.82 Å². The van der Waals surface area contributed by atoms with E-state index in [-0.39, 0.29) is 36.5 Å². The van der Waals surface area contributed by atoms with E-state index in [1.165, 1.54) is 18.9 Å². The molecule has 1 aliphatic carbocycles. The molecule has 0 radical (unpaired) electrons. The normalized spacial score (nSPS) is 20.3. The molecular weight excluding hydrogens is 478 g/mol. The Balaban J connectivity index is 1.30. The van der Waals surface area contributed by atoms with E-state index in [4.69, 9.17) is 0 Å². The fourth-order valence-corrected chi connectivity index (χ4v) is 5.62. The van der Waals surface area contributed by atoms with Crippen molar-refractivity contribution in [3.63, 3.8) is 0 Å². The van der Waals surface area contributed by atoms with Crippen molar-refractivity contribution in [1.29, 1.82) is 0 Å². The Hall–Kier alpha value is -3.56. The van der Waals surface area contributed by atoms with Crippen molar-refractivity contribution in [2.45, 2.75) is 51.4 Å². The highest BCUT2D eigenvalue weighted by atomic mass is 19.3. The van der Waals surface area contributed by atoms with Gasteiger partial charge in [-0.3, -0.25) is 10.1 Å². The molecule has 3 aliphatic rings. The predicted molar refractivity (Wildman–Crippen MR) is 138 cm³/mol. The largest absolute Gasteiger partial charge is 0.370 e. The molecule has 0 N–H and O–H groups in total. The third-order valence-corrected chi connectivity index (χ3v) is 8.21. The molecule has 3 aromatic rings. The van der Waals surface area contributed by atoms with Gasteiger partial charge in [0.2, 0.25) is 0 Å². The molecule has 1 saturated carbocycles. The molecule has 10 heteroatoms. The maximum atomic E-state index is 13.7. The summed E-state index contributed by atoms with van der Waals surface area (Å²) >= 11 is 0. The van der Waals surface area contributed by atoms with Gasteiger partial charge >= 0.3 is 0 Å². The number of aryl methyl sites for hydroxylation is 1. The van der Waals surface area contributed by atoms with Crippen LogP contribution < -0.4 is 9.80 Å². The first-order valence-electron chi connectivity index (χ1n) is 12.9. The first-order chi connectivity index (χ1) is 17.7. The average Bonchev–Trinajstić information content (AvgIpc) is 3.44. The zero-order valence-electron chi connectivity index (χ0n) is 20.9. The third-order valence-electron chi connectivity index (χ3n) is 8.21. The minimum Gasteiger partial charge on any atom is -0.370 e. The van der Waals surface area contributed by atoms with Crippen molar-refractivity contribution in [3.8, 4) is 16.9 Å². The molecule has 0 bridgehead atoms. The number of aromatic nitrogens is 3. The van der Waals surface area contributed by atoms with Gasteiger partial charge in [-0.05, 0) is 56.2 Å². The monoisotopic (exact) mass is 508 g/mol. The van der Waals surface area contributed by atoms with E-state index in [1.54, 1.807) is 18.5 Å². The summed E-state index contributed by atoms with van der Waals surface area (Å²) in [5, 5.41) is 11.5. The van der Waals surface area contributed by atoms with Crippen molar-refractivity contribution in [2.75, 3.05) is 36.0 Å². The summed E-state index contributed by atoms with van der Waals surface area (Å²) < 4.78 is 29.2. The molecule has 0 atom stereocenters. The van der Waals surface area contributed by atoms with E-state index >= 15 is 0 Å². The molecule has 37 heavy (non-hydrogen) atoms. The molecule has 2 aliphatic heterocycles. The van der Waals surface area contributed by atoms with Gasteiger partial charge in [0.15, 0.2) is 0 Å². The second-order valence-electron chi connectivity index (χ2n) is 10.8. The highest BCUT2D eigenvalue weighted by Gasteiger charge is 2.44. The number of halogens is 2. The molecule has 0 unspecified atom stereocenters. The molecule has 3 fully saturated rings. The quantitative estimate of drug-likeness (QED) is 0.322. The van der Waals surface area contributed by atoms with Crippen molar-refractivity contribution >= 4 is 17.2 Å². The molecule has 6 rings (SSSR count). The Kier molecular flexibility index (Phi) is 5.65. The topological polar surface area (TPSA) is 80.3 Å². The second-order valence-corrected chi connectivity index (χ2v) is 10.8. The van der Waals surface area contributed by atoms with Crippen LogP contribution in [-0.2, 0) is 0 Å². The lowest BCUT2D eigenvalue weighted by Gasteiger charge is -2.34. The van der Waals surface area contributed by atoms with Crippen molar-refractivity contribution in [2.24, 2.45) is 5.41 Å². The van der Waals surface area contributed by atoms with Gasteiger partial charge in [0.05, 0.1) is 28.3 Å². The second kappa shape index (κ2) is 8.78. The van der Waals surface area contributed by atoms with E-state index in [0.29, 0.717) is 11.2 Å². The van der Waals surface area contributed by atoms with Crippen LogP contribution >= 0.6 is 0 Å². The van der Waals surface area contributed by atoms with Crippen LogP contribution in [0.5, 0.6) is 0 Å². The zero-order chi connectivity index (χ0) is 25.8. The standard InChI is InChI=1S/C27H30F2N6O2/c1-19-14-20(15-25(31-19)33-12-8-27(28,29)9-13-33)22-17-34(18-30-22)23-3-2-21(35(36)37)16-24(23)32-10-6-26(4-5-26)7-11-32/h2-3,14-18H,4-13H2,1H3. The molecule has 2 aromatic heterocycles. The lowest BCUT2D eigenvalue weighted by molar-refractivity contribution is -0.384. The first kappa shape index (κ1) is 23.8. The number of benzene rings is 1. The molecular formula is C27H30F2N6O2. The number of alkyl halides is 2. The van der Waals surface area contributed by atoms with Crippen LogP contribution in [0.4, 0.5) is 26.0 Å². The van der Waals surface area contributed by atoms with Crippen LogP contribution in [-0.4, -0.2) is 51.6 Å². The summed E-state index contributed by atoms with van der Waals surface area (Å²) in [6.45, 7) is 4.19. The number of nitro benzene ring substituents is 1. The number of imidazole rings is 1. The minimum absolute atomic E-state index is 0.0762. The number of piperidine rings is 2. The number of rotatable bonds is 5. The zero-order valence-corrected chi connectivity index (χ0v) is 20.9. The van der Waals surface area contributed by atoms with Gasteiger partial charge in [-0.2, -0.15) is 0 Å². The van der Waals surface area contributed by atoms with E-state index in [1.807, 2.05) is 34.7 Å². The Bertz CT molecular complexity index is 1330. The molecule has 1 spiro atoms. The summed E-state index contributed by atoms with van der Waals surface area (Å²) in [5.74, 6) is -1.93. The lowest BCUT2D eigenvalue weighted by Crippen LogP contribution is -2.39. The van der Waals surface area contributed by atoms with Crippen LogP contribution in [0, 0.1) is 22.5 Å². The number of pyridine rings is 1. The first-order valence-corrected chi connectivity index (χ1v) is 12.9. The Morgan fingerprint density at radius 3 is 2.30 bits per heavy atom. The van der Waals surface area contributed by atoms with Crippen molar-refractivity contribution < 1.29 is 13.7 Å². The average molecular weight is 509 g/mol. The predicted octanol–water partition coefficient (Wildman–Crippen LogP) is 5.77. The van der Waals surface area contributed by atoms with Crippen LogP contribution in [0.25, 0.3) is 16.9 Å². The van der Waals surface area contributed by atoms with Crippen LogP contribution in [0.15, 0.2) is 42.9 Å². The van der Waals surface area contributed by atoms with Crippen LogP contribution in [0.3, 0.4) is 0 Å². The SMILES string of the molecule is Cc1cc(-c2cn(-c3ccc([N+](=O)[O-])cc3N3CCC4(CC3)CC4)cn2)cc(N2CCC(F)(F)CC2)n1. The molecule has 4 heterocycles. The molecule has 1 aromatic carbocycles. The Morgan fingerprint density at radius 1 is 0.919 bits per heavy atom. The number of hydrogen-bond donors (Lipinski definition) is 0. The van der Waals surface area contributed by atoms with Gasteiger partial charge in [-0.25, -0.2) is 18.7 Å². The van der Waals surface area contributed by atoms with E-state index in [9.17, 15) is 18.9 Å². The number of nitrogens with zero attached hydrogens (tertiary/aromatic N) is 6. The number of nitro groups is 1.